The predicted molar refractivity (Wildman–Crippen MR) is 113 cm³/mol. The average molecular weight is 415 g/mol. The van der Waals surface area contributed by atoms with Crippen molar-refractivity contribution in [1.29, 1.82) is 0 Å². The number of hydrogen-bond donors (Lipinski definition) is 1. The Morgan fingerprint density at radius 3 is 2.41 bits per heavy atom. The van der Waals surface area contributed by atoms with Crippen molar-refractivity contribution in [2.45, 2.75) is 13.3 Å². The van der Waals surface area contributed by atoms with Crippen molar-refractivity contribution in [3.63, 3.8) is 0 Å². The molecule has 0 unspecified atom stereocenters. The molecule has 0 radical (unpaired) electrons. The maximum absolute atomic E-state index is 13.1. The summed E-state index contributed by atoms with van der Waals surface area (Å²) in [5.41, 5.74) is 2.78. The lowest BCUT2D eigenvalue weighted by atomic mass is 10.0. The number of hydrogen-bond acceptors (Lipinski definition) is 5. The van der Waals surface area contributed by atoms with Gasteiger partial charge in [0.1, 0.15) is 11.4 Å². The van der Waals surface area contributed by atoms with Gasteiger partial charge in [0.25, 0.3) is 11.8 Å². The number of methoxy groups -OCH3 is 2. The van der Waals surface area contributed by atoms with E-state index in [1.54, 1.807) is 25.3 Å². The summed E-state index contributed by atoms with van der Waals surface area (Å²) in [6, 6.07) is 12.5. The number of amides is 2. The molecule has 0 saturated heterocycles. The second-order valence-electron chi connectivity index (χ2n) is 6.69. The smallest absolute Gasteiger partial charge is 0.278 e. The van der Waals surface area contributed by atoms with Gasteiger partial charge >= 0.3 is 0 Å². The summed E-state index contributed by atoms with van der Waals surface area (Å²) in [7, 11) is 3.12. The first-order valence-electron chi connectivity index (χ1n) is 9.23. The Labute approximate surface area is 175 Å². The van der Waals surface area contributed by atoms with E-state index in [0.29, 0.717) is 40.6 Å². The third-order valence-electron chi connectivity index (χ3n) is 4.66. The molecule has 29 heavy (non-hydrogen) atoms. The summed E-state index contributed by atoms with van der Waals surface area (Å²) in [5.74, 6) is -0.203. The van der Waals surface area contributed by atoms with Crippen LogP contribution in [0.2, 0.25) is 5.02 Å². The van der Waals surface area contributed by atoms with Gasteiger partial charge in [0.05, 0.1) is 18.4 Å². The molecule has 0 bridgehead atoms. The molecule has 152 valence electrons. The summed E-state index contributed by atoms with van der Waals surface area (Å²) in [6.45, 7) is 2.70. The number of carbonyl (C=O) groups excluding carboxylic acids is 2. The Morgan fingerprint density at radius 2 is 1.76 bits per heavy atom. The van der Waals surface area contributed by atoms with Crippen LogP contribution in [0.3, 0.4) is 0 Å². The first-order valence-corrected chi connectivity index (χ1v) is 9.61. The van der Waals surface area contributed by atoms with Gasteiger partial charge in [-0.1, -0.05) is 41.4 Å². The summed E-state index contributed by atoms with van der Waals surface area (Å²) in [4.78, 5) is 27.5. The molecule has 2 amide bonds. The summed E-state index contributed by atoms with van der Waals surface area (Å²) in [5, 5.41) is 3.58. The molecule has 1 aliphatic rings. The fraction of sp³-hybridized carbons (Fsp3) is 0.273. The van der Waals surface area contributed by atoms with E-state index in [1.807, 2.05) is 31.2 Å². The van der Waals surface area contributed by atoms with E-state index in [4.69, 9.17) is 21.1 Å². The molecule has 2 aromatic carbocycles. The van der Waals surface area contributed by atoms with E-state index in [0.717, 1.165) is 5.56 Å². The topological polar surface area (TPSA) is 67.9 Å². The minimum Gasteiger partial charge on any atom is -0.495 e. The fourth-order valence-electron chi connectivity index (χ4n) is 3.16. The summed E-state index contributed by atoms with van der Waals surface area (Å²) < 4.78 is 10.4. The quantitative estimate of drug-likeness (QED) is 0.524. The largest absolute Gasteiger partial charge is 0.495 e. The van der Waals surface area contributed by atoms with Gasteiger partial charge in [0.2, 0.25) is 0 Å². The van der Waals surface area contributed by atoms with Crippen LogP contribution in [0.1, 0.15) is 17.5 Å². The standard InChI is InChI=1S/C22H23ClN2O4/c1-14-5-7-15(8-6-14)19-20(22(27)25(21(19)26)11-4-12-28-2)24-17-13-16(23)9-10-18(17)29-3/h5-10,13,24H,4,11-12H2,1-3H3. The fourth-order valence-corrected chi connectivity index (χ4v) is 3.33. The average Bonchev–Trinajstić information content (AvgIpc) is 2.93. The highest BCUT2D eigenvalue weighted by atomic mass is 35.5. The highest BCUT2D eigenvalue weighted by Gasteiger charge is 2.39. The normalized spacial score (nSPS) is 14.0. The number of carbonyl (C=O) groups is 2. The van der Waals surface area contributed by atoms with Crippen molar-refractivity contribution in [3.8, 4) is 5.75 Å². The van der Waals surface area contributed by atoms with Crippen LogP contribution >= 0.6 is 11.6 Å². The van der Waals surface area contributed by atoms with Gasteiger partial charge in [0, 0.05) is 25.3 Å². The van der Waals surface area contributed by atoms with Crippen molar-refractivity contribution in [2.24, 2.45) is 0 Å². The maximum atomic E-state index is 13.1. The van der Waals surface area contributed by atoms with Crippen molar-refractivity contribution in [3.05, 3.63) is 64.3 Å². The van der Waals surface area contributed by atoms with E-state index >= 15 is 0 Å². The molecule has 0 fully saturated rings. The number of aryl methyl sites for hydroxylation is 1. The molecular formula is C22H23ClN2O4. The van der Waals surface area contributed by atoms with Crippen LogP contribution in [-0.2, 0) is 14.3 Å². The molecular weight excluding hydrogens is 392 g/mol. The minimum absolute atomic E-state index is 0.205. The van der Waals surface area contributed by atoms with Crippen LogP contribution in [0.25, 0.3) is 5.57 Å². The number of anilines is 1. The second kappa shape index (κ2) is 9.11. The molecule has 3 rings (SSSR count). The highest BCUT2D eigenvalue weighted by molar-refractivity contribution is 6.36. The predicted octanol–water partition coefficient (Wildman–Crippen LogP) is 3.89. The lowest BCUT2D eigenvalue weighted by Crippen LogP contribution is -2.33. The van der Waals surface area contributed by atoms with Gasteiger partial charge in [-0.15, -0.1) is 0 Å². The van der Waals surface area contributed by atoms with Crippen LogP contribution in [-0.4, -0.2) is 44.1 Å². The van der Waals surface area contributed by atoms with E-state index in [-0.39, 0.29) is 24.1 Å². The third kappa shape index (κ3) is 4.44. The number of imide groups is 1. The molecule has 0 aliphatic carbocycles. The molecule has 0 atom stereocenters. The Kier molecular flexibility index (Phi) is 6.56. The molecule has 1 aliphatic heterocycles. The van der Waals surface area contributed by atoms with Gasteiger partial charge < -0.3 is 14.8 Å². The van der Waals surface area contributed by atoms with Crippen LogP contribution < -0.4 is 10.1 Å². The number of nitrogens with one attached hydrogen (secondary N) is 1. The molecule has 0 aromatic heterocycles. The van der Waals surface area contributed by atoms with Gasteiger partial charge in [-0.05, 0) is 37.1 Å². The van der Waals surface area contributed by atoms with Crippen LogP contribution in [0.15, 0.2) is 48.2 Å². The Balaban J connectivity index is 2.04. The van der Waals surface area contributed by atoms with Gasteiger partial charge in [0.15, 0.2) is 0 Å². The number of ether oxygens (including phenoxy) is 2. The first kappa shape index (κ1) is 20.9. The van der Waals surface area contributed by atoms with Crippen molar-refractivity contribution < 1.29 is 19.1 Å². The van der Waals surface area contributed by atoms with Crippen LogP contribution in [0.5, 0.6) is 5.75 Å². The van der Waals surface area contributed by atoms with Gasteiger partial charge in [-0.3, -0.25) is 14.5 Å². The lowest BCUT2D eigenvalue weighted by molar-refractivity contribution is -0.136. The van der Waals surface area contributed by atoms with Crippen LogP contribution in [0, 0.1) is 6.92 Å². The summed E-state index contributed by atoms with van der Waals surface area (Å²) in [6.07, 6.45) is 0.558. The molecule has 2 aromatic rings. The van der Waals surface area contributed by atoms with E-state index in [1.165, 1.54) is 12.0 Å². The van der Waals surface area contributed by atoms with Gasteiger partial charge in [-0.2, -0.15) is 0 Å². The van der Waals surface area contributed by atoms with E-state index in [9.17, 15) is 9.59 Å². The zero-order valence-electron chi connectivity index (χ0n) is 16.6. The molecule has 0 spiro atoms. The van der Waals surface area contributed by atoms with Crippen molar-refractivity contribution >= 4 is 34.7 Å². The molecule has 1 heterocycles. The van der Waals surface area contributed by atoms with Crippen LogP contribution in [0.4, 0.5) is 5.69 Å². The zero-order valence-corrected chi connectivity index (χ0v) is 17.4. The summed E-state index contributed by atoms with van der Waals surface area (Å²) >= 11 is 6.12. The first-order chi connectivity index (χ1) is 14.0. The lowest BCUT2D eigenvalue weighted by Gasteiger charge is -2.15. The third-order valence-corrected chi connectivity index (χ3v) is 4.89. The Hall–Kier alpha value is -2.83. The highest BCUT2D eigenvalue weighted by Crippen LogP contribution is 2.34. The van der Waals surface area contributed by atoms with Crippen molar-refractivity contribution in [2.75, 3.05) is 32.7 Å². The Bertz CT molecular complexity index is 954. The number of rotatable bonds is 8. The molecule has 0 saturated carbocycles. The number of halogens is 1. The maximum Gasteiger partial charge on any atom is 0.278 e. The molecule has 6 nitrogen and oxygen atoms in total. The number of benzene rings is 2. The second-order valence-corrected chi connectivity index (χ2v) is 7.13. The molecule has 7 heteroatoms. The van der Waals surface area contributed by atoms with E-state index < -0.39 is 0 Å². The number of nitrogens with zero attached hydrogens (tertiary/aromatic N) is 1. The SMILES string of the molecule is COCCCN1C(=O)C(Nc2cc(Cl)ccc2OC)=C(c2ccc(C)cc2)C1=O. The molecule has 1 N–H and O–H groups in total. The minimum atomic E-state index is -0.385. The van der Waals surface area contributed by atoms with Gasteiger partial charge in [-0.25, -0.2) is 0 Å². The van der Waals surface area contributed by atoms with E-state index in [2.05, 4.69) is 5.32 Å². The Morgan fingerprint density at radius 1 is 1.03 bits per heavy atom. The zero-order chi connectivity index (χ0) is 21.0. The monoisotopic (exact) mass is 414 g/mol. The van der Waals surface area contributed by atoms with Crippen molar-refractivity contribution in [1.82, 2.24) is 4.90 Å².